The lowest BCUT2D eigenvalue weighted by Gasteiger charge is -2.23. The van der Waals surface area contributed by atoms with Crippen LogP contribution in [0.1, 0.15) is 36.0 Å². The van der Waals surface area contributed by atoms with E-state index in [1.165, 1.54) is 25.7 Å². The fourth-order valence-corrected chi connectivity index (χ4v) is 2.53. The van der Waals surface area contributed by atoms with Crippen molar-refractivity contribution in [3.8, 4) is 0 Å². The fraction of sp³-hybridized carbons (Fsp3) is 0.533. The molecule has 2 aliphatic carbocycles. The van der Waals surface area contributed by atoms with Crippen LogP contribution in [0.15, 0.2) is 18.2 Å². The molecule has 2 aliphatic rings. The molecule has 2 N–H and O–H groups in total. The van der Waals surface area contributed by atoms with E-state index in [1.54, 1.807) is 18.2 Å². The minimum absolute atomic E-state index is 0.0406. The highest BCUT2D eigenvalue weighted by atomic mass is 35.5. The minimum Gasteiger partial charge on any atom is -0.397 e. The number of hydrogen-bond donors (Lipinski definition) is 1. The second-order valence-corrected chi connectivity index (χ2v) is 6.21. The van der Waals surface area contributed by atoms with Gasteiger partial charge in [-0.05, 0) is 49.7 Å². The van der Waals surface area contributed by atoms with Crippen LogP contribution in [0.3, 0.4) is 0 Å². The summed E-state index contributed by atoms with van der Waals surface area (Å²) >= 11 is 6.00. The first-order valence-corrected chi connectivity index (χ1v) is 7.36. The Hall–Kier alpha value is -1.22. The maximum absolute atomic E-state index is 12.6. The van der Waals surface area contributed by atoms with Gasteiger partial charge in [-0.2, -0.15) is 0 Å². The molecule has 0 unspecified atom stereocenters. The number of para-hydroxylation sites is 1. The molecule has 3 nitrogen and oxygen atoms in total. The van der Waals surface area contributed by atoms with E-state index >= 15 is 0 Å². The van der Waals surface area contributed by atoms with E-state index in [0.717, 1.165) is 13.1 Å². The number of halogens is 1. The number of amides is 1. The third kappa shape index (κ3) is 3.03. The van der Waals surface area contributed by atoms with Gasteiger partial charge >= 0.3 is 0 Å². The van der Waals surface area contributed by atoms with Crippen molar-refractivity contribution in [1.82, 2.24) is 4.90 Å². The first-order valence-electron chi connectivity index (χ1n) is 6.98. The van der Waals surface area contributed by atoms with Crippen LogP contribution in [0.25, 0.3) is 0 Å². The molecule has 19 heavy (non-hydrogen) atoms. The van der Waals surface area contributed by atoms with Crippen LogP contribution in [0.2, 0.25) is 5.02 Å². The van der Waals surface area contributed by atoms with Crippen LogP contribution >= 0.6 is 11.6 Å². The lowest BCUT2D eigenvalue weighted by molar-refractivity contribution is 0.0740. The molecule has 1 aromatic carbocycles. The van der Waals surface area contributed by atoms with E-state index in [-0.39, 0.29) is 5.91 Å². The summed E-state index contributed by atoms with van der Waals surface area (Å²) in [7, 11) is 0. The Kier molecular flexibility index (Phi) is 3.40. The largest absolute Gasteiger partial charge is 0.397 e. The lowest BCUT2D eigenvalue weighted by atomic mass is 10.1. The summed E-state index contributed by atoms with van der Waals surface area (Å²) < 4.78 is 0. The molecule has 0 atom stereocenters. The Balaban J connectivity index is 1.79. The smallest absolute Gasteiger partial charge is 0.256 e. The Morgan fingerprint density at radius 1 is 1.21 bits per heavy atom. The van der Waals surface area contributed by atoms with E-state index in [1.807, 2.05) is 4.90 Å². The molecule has 102 valence electrons. The van der Waals surface area contributed by atoms with Crippen LogP contribution in [-0.4, -0.2) is 23.9 Å². The molecule has 2 saturated carbocycles. The van der Waals surface area contributed by atoms with Crippen molar-refractivity contribution in [1.29, 1.82) is 0 Å². The SMILES string of the molecule is Nc1c(Cl)cccc1C(=O)N(CC1CC1)CC1CC1. The van der Waals surface area contributed by atoms with Crippen LogP contribution in [-0.2, 0) is 0 Å². The maximum Gasteiger partial charge on any atom is 0.256 e. The van der Waals surface area contributed by atoms with Gasteiger partial charge in [0.05, 0.1) is 16.3 Å². The number of nitrogen functional groups attached to an aromatic ring is 1. The summed E-state index contributed by atoms with van der Waals surface area (Å²) in [5.41, 5.74) is 6.89. The number of nitrogens with zero attached hydrogens (tertiary/aromatic N) is 1. The fourth-order valence-electron chi connectivity index (χ4n) is 2.36. The van der Waals surface area contributed by atoms with Gasteiger partial charge in [0.25, 0.3) is 5.91 Å². The lowest BCUT2D eigenvalue weighted by Crippen LogP contribution is -2.35. The Bertz CT molecular complexity index is 481. The standard InChI is InChI=1S/C15H19ClN2O/c16-13-3-1-2-12(14(13)17)15(19)18(8-10-4-5-10)9-11-6-7-11/h1-3,10-11H,4-9,17H2. The quantitative estimate of drug-likeness (QED) is 0.841. The molecule has 2 fully saturated rings. The molecule has 4 heteroatoms. The second kappa shape index (κ2) is 5.04. The van der Waals surface area contributed by atoms with Gasteiger partial charge in [0.15, 0.2) is 0 Å². The first-order chi connectivity index (χ1) is 9.15. The third-order valence-electron chi connectivity index (χ3n) is 3.92. The number of nitrogens with two attached hydrogens (primary N) is 1. The van der Waals surface area contributed by atoms with E-state index < -0.39 is 0 Å². The van der Waals surface area contributed by atoms with Crippen molar-refractivity contribution in [2.45, 2.75) is 25.7 Å². The Morgan fingerprint density at radius 3 is 2.32 bits per heavy atom. The molecule has 3 rings (SSSR count). The van der Waals surface area contributed by atoms with Crippen LogP contribution in [0.4, 0.5) is 5.69 Å². The normalized spacial score (nSPS) is 18.4. The summed E-state index contributed by atoms with van der Waals surface area (Å²) in [4.78, 5) is 14.6. The predicted molar refractivity (Wildman–Crippen MR) is 77.2 cm³/mol. The summed E-state index contributed by atoms with van der Waals surface area (Å²) in [6, 6.07) is 5.29. The Morgan fingerprint density at radius 2 is 1.79 bits per heavy atom. The molecule has 0 spiro atoms. The molecule has 1 amide bonds. The van der Waals surface area contributed by atoms with Crippen LogP contribution < -0.4 is 5.73 Å². The van der Waals surface area contributed by atoms with E-state index in [9.17, 15) is 4.79 Å². The third-order valence-corrected chi connectivity index (χ3v) is 4.25. The minimum atomic E-state index is 0.0406. The van der Waals surface area contributed by atoms with Gasteiger partial charge in [0, 0.05) is 13.1 Å². The van der Waals surface area contributed by atoms with E-state index in [0.29, 0.717) is 28.1 Å². The number of rotatable bonds is 5. The van der Waals surface area contributed by atoms with E-state index in [4.69, 9.17) is 17.3 Å². The van der Waals surface area contributed by atoms with Gasteiger partial charge in [-0.3, -0.25) is 4.79 Å². The monoisotopic (exact) mass is 278 g/mol. The molecule has 0 aromatic heterocycles. The number of hydrogen-bond acceptors (Lipinski definition) is 2. The van der Waals surface area contributed by atoms with Crippen molar-refractivity contribution in [3.63, 3.8) is 0 Å². The van der Waals surface area contributed by atoms with Crippen molar-refractivity contribution in [2.75, 3.05) is 18.8 Å². The zero-order valence-electron chi connectivity index (χ0n) is 10.9. The highest BCUT2D eigenvalue weighted by Gasteiger charge is 2.32. The summed E-state index contributed by atoms with van der Waals surface area (Å²) in [6.07, 6.45) is 5.00. The van der Waals surface area contributed by atoms with Gasteiger partial charge in [0.2, 0.25) is 0 Å². The van der Waals surface area contributed by atoms with Gasteiger partial charge < -0.3 is 10.6 Å². The molecule has 0 radical (unpaired) electrons. The van der Waals surface area contributed by atoms with Crippen molar-refractivity contribution < 1.29 is 4.79 Å². The summed E-state index contributed by atoms with van der Waals surface area (Å²) in [5.74, 6) is 1.44. The summed E-state index contributed by atoms with van der Waals surface area (Å²) in [6.45, 7) is 1.75. The predicted octanol–water partition coefficient (Wildman–Crippen LogP) is 3.18. The average Bonchev–Trinajstić information content (AvgIpc) is 3.26. The van der Waals surface area contributed by atoms with Crippen LogP contribution in [0.5, 0.6) is 0 Å². The number of anilines is 1. The molecule has 0 bridgehead atoms. The molecular weight excluding hydrogens is 260 g/mol. The van der Waals surface area contributed by atoms with Gasteiger partial charge in [-0.1, -0.05) is 17.7 Å². The average molecular weight is 279 g/mol. The summed E-state index contributed by atoms with van der Waals surface area (Å²) in [5, 5.41) is 0.462. The number of benzene rings is 1. The molecule has 0 aliphatic heterocycles. The first kappa shape index (κ1) is 12.8. The second-order valence-electron chi connectivity index (χ2n) is 5.80. The maximum atomic E-state index is 12.6. The Labute approximate surface area is 118 Å². The van der Waals surface area contributed by atoms with Crippen molar-refractivity contribution >= 4 is 23.2 Å². The van der Waals surface area contributed by atoms with Gasteiger partial charge in [-0.25, -0.2) is 0 Å². The number of carbonyl (C=O) groups excluding carboxylic acids is 1. The van der Waals surface area contributed by atoms with Gasteiger partial charge in [-0.15, -0.1) is 0 Å². The van der Waals surface area contributed by atoms with Crippen LogP contribution in [0, 0.1) is 11.8 Å². The van der Waals surface area contributed by atoms with Gasteiger partial charge in [0.1, 0.15) is 0 Å². The molecule has 0 heterocycles. The number of carbonyl (C=O) groups is 1. The molecular formula is C15H19ClN2O. The van der Waals surface area contributed by atoms with Crippen molar-refractivity contribution in [3.05, 3.63) is 28.8 Å². The topological polar surface area (TPSA) is 46.3 Å². The van der Waals surface area contributed by atoms with E-state index in [2.05, 4.69) is 0 Å². The zero-order chi connectivity index (χ0) is 13.4. The molecule has 1 aromatic rings. The zero-order valence-corrected chi connectivity index (χ0v) is 11.7. The highest BCUT2D eigenvalue weighted by molar-refractivity contribution is 6.33. The van der Waals surface area contributed by atoms with Crippen molar-refractivity contribution in [2.24, 2.45) is 11.8 Å². The highest BCUT2D eigenvalue weighted by Crippen LogP contribution is 2.35. The molecule has 0 saturated heterocycles.